The Morgan fingerprint density at radius 3 is 2.33 bits per heavy atom. The molecule has 1 aliphatic heterocycles. The van der Waals surface area contributed by atoms with Crippen molar-refractivity contribution in [2.45, 2.75) is 82.3 Å². The molecular formula is C16H28O2. The molecule has 0 amide bonds. The molecule has 3 fully saturated rings. The second-order valence-electron chi connectivity index (χ2n) is 7.21. The van der Waals surface area contributed by atoms with Gasteiger partial charge in [0.2, 0.25) is 0 Å². The van der Waals surface area contributed by atoms with Gasteiger partial charge in [0.05, 0.1) is 11.2 Å². The van der Waals surface area contributed by atoms with Crippen LogP contribution in [0, 0.1) is 11.8 Å². The van der Waals surface area contributed by atoms with E-state index in [1.165, 1.54) is 38.5 Å². The number of aliphatic hydroxyl groups is 1. The first-order valence-electron chi connectivity index (χ1n) is 7.98. The van der Waals surface area contributed by atoms with Crippen molar-refractivity contribution in [3.8, 4) is 0 Å². The Morgan fingerprint density at radius 1 is 1.00 bits per heavy atom. The van der Waals surface area contributed by atoms with E-state index in [4.69, 9.17) is 4.74 Å². The maximum atomic E-state index is 11.0. The van der Waals surface area contributed by atoms with E-state index in [0.29, 0.717) is 5.92 Å². The monoisotopic (exact) mass is 252 g/mol. The van der Waals surface area contributed by atoms with E-state index in [1.54, 1.807) is 0 Å². The summed E-state index contributed by atoms with van der Waals surface area (Å²) in [6.45, 7) is 3.20. The van der Waals surface area contributed by atoms with Crippen molar-refractivity contribution in [1.29, 1.82) is 0 Å². The Kier molecular flexibility index (Phi) is 3.44. The lowest BCUT2D eigenvalue weighted by atomic mass is 9.67. The molecule has 2 saturated carbocycles. The summed E-state index contributed by atoms with van der Waals surface area (Å²) in [4.78, 5) is 0. The van der Waals surface area contributed by atoms with E-state index < -0.39 is 0 Å². The second kappa shape index (κ2) is 4.79. The van der Waals surface area contributed by atoms with Crippen LogP contribution >= 0.6 is 0 Å². The van der Waals surface area contributed by atoms with Crippen LogP contribution < -0.4 is 0 Å². The minimum absolute atomic E-state index is 0.154. The van der Waals surface area contributed by atoms with Gasteiger partial charge in [-0.2, -0.15) is 0 Å². The highest BCUT2D eigenvalue weighted by Crippen LogP contribution is 2.48. The molecule has 1 unspecified atom stereocenters. The van der Waals surface area contributed by atoms with Crippen LogP contribution in [0.25, 0.3) is 0 Å². The largest absolute Gasteiger partial charge is 0.390 e. The van der Waals surface area contributed by atoms with Crippen LogP contribution in [0.5, 0.6) is 0 Å². The average Bonchev–Trinajstić information content (AvgIpc) is 2.81. The van der Waals surface area contributed by atoms with Gasteiger partial charge in [-0.25, -0.2) is 0 Å². The lowest BCUT2D eigenvalue weighted by Gasteiger charge is -2.47. The van der Waals surface area contributed by atoms with Crippen LogP contribution in [0.1, 0.15) is 71.1 Å². The van der Waals surface area contributed by atoms with E-state index >= 15 is 0 Å². The molecule has 18 heavy (non-hydrogen) atoms. The summed E-state index contributed by atoms with van der Waals surface area (Å²) < 4.78 is 6.10. The molecule has 1 N–H and O–H groups in total. The van der Waals surface area contributed by atoms with Crippen LogP contribution in [0.2, 0.25) is 0 Å². The highest BCUT2D eigenvalue weighted by atomic mass is 16.5. The molecule has 1 spiro atoms. The SMILES string of the molecule is CC1CCC(O)(C2CCOC3(CCCC3)C2)CC1. The Bertz CT molecular complexity index is 285. The molecule has 2 nitrogen and oxygen atoms in total. The molecule has 0 aromatic carbocycles. The fourth-order valence-electron chi connectivity index (χ4n) is 4.52. The van der Waals surface area contributed by atoms with Crippen LogP contribution in [0.3, 0.4) is 0 Å². The number of rotatable bonds is 1. The average molecular weight is 252 g/mol. The topological polar surface area (TPSA) is 29.5 Å². The van der Waals surface area contributed by atoms with Gasteiger partial charge in [-0.1, -0.05) is 19.8 Å². The minimum Gasteiger partial charge on any atom is -0.390 e. The predicted molar refractivity (Wildman–Crippen MR) is 72.5 cm³/mol. The van der Waals surface area contributed by atoms with Gasteiger partial charge in [0.15, 0.2) is 0 Å². The highest BCUT2D eigenvalue weighted by molar-refractivity contribution is 4.99. The van der Waals surface area contributed by atoms with Crippen LogP contribution in [0.4, 0.5) is 0 Å². The third-order valence-electron chi connectivity index (χ3n) is 5.91. The third-order valence-corrected chi connectivity index (χ3v) is 5.91. The third kappa shape index (κ3) is 2.34. The molecule has 2 heteroatoms. The van der Waals surface area contributed by atoms with Gasteiger partial charge < -0.3 is 9.84 Å². The Labute approximate surface area is 111 Å². The van der Waals surface area contributed by atoms with E-state index in [2.05, 4.69) is 6.92 Å². The first-order valence-corrected chi connectivity index (χ1v) is 7.98. The van der Waals surface area contributed by atoms with Gasteiger partial charge >= 0.3 is 0 Å². The minimum atomic E-state index is -0.369. The molecule has 1 saturated heterocycles. The molecule has 0 bridgehead atoms. The fraction of sp³-hybridized carbons (Fsp3) is 1.00. The van der Waals surface area contributed by atoms with Crippen molar-refractivity contribution >= 4 is 0 Å². The number of hydrogen-bond donors (Lipinski definition) is 1. The van der Waals surface area contributed by atoms with Crippen LogP contribution in [0.15, 0.2) is 0 Å². The zero-order valence-corrected chi connectivity index (χ0v) is 11.8. The summed E-state index contributed by atoms with van der Waals surface area (Å²) >= 11 is 0. The fourth-order valence-corrected chi connectivity index (χ4v) is 4.52. The van der Waals surface area contributed by atoms with Gasteiger partial charge in [-0.3, -0.25) is 0 Å². The number of ether oxygens (including phenoxy) is 1. The van der Waals surface area contributed by atoms with Gasteiger partial charge in [-0.05, 0) is 63.2 Å². The van der Waals surface area contributed by atoms with Crippen molar-refractivity contribution in [1.82, 2.24) is 0 Å². The molecule has 0 aromatic rings. The molecule has 3 aliphatic rings. The maximum absolute atomic E-state index is 11.0. The van der Waals surface area contributed by atoms with Crippen molar-refractivity contribution in [3.05, 3.63) is 0 Å². The predicted octanol–water partition coefficient (Wildman–Crippen LogP) is 3.67. The summed E-state index contributed by atoms with van der Waals surface area (Å²) in [5.41, 5.74) is -0.215. The standard InChI is InChI=1S/C16H28O2/c1-13-4-9-16(17,10-5-13)14-6-11-18-15(12-14)7-2-3-8-15/h13-14,17H,2-12H2,1H3. The molecule has 104 valence electrons. The summed E-state index contributed by atoms with van der Waals surface area (Å²) in [7, 11) is 0. The van der Waals surface area contributed by atoms with E-state index in [-0.39, 0.29) is 11.2 Å². The van der Waals surface area contributed by atoms with Crippen LogP contribution in [-0.2, 0) is 4.74 Å². The Hall–Kier alpha value is -0.0800. The normalized spacial score (nSPS) is 44.3. The van der Waals surface area contributed by atoms with Gasteiger partial charge in [0, 0.05) is 6.61 Å². The highest BCUT2D eigenvalue weighted by Gasteiger charge is 2.47. The number of hydrogen-bond acceptors (Lipinski definition) is 2. The van der Waals surface area contributed by atoms with E-state index in [1.807, 2.05) is 0 Å². The summed E-state index contributed by atoms with van der Waals surface area (Å²) in [6.07, 6.45) is 11.8. The molecule has 0 aromatic heterocycles. The lowest BCUT2D eigenvalue weighted by Crippen LogP contribution is -2.49. The summed E-state index contributed by atoms with van der Waals surface area (Å²) in [6, 6.07) is 0. The molecule has 1 atom stereocenters. The molecule has 1 heterocycles. The van der Waals surface area contributed by atoms with Crippen molar-refractivity contribution < 1.29 is 9.84 Å². The van der Waals surface area contributed by atoms with Gasteiger partial charge in [-0.15, -0.1) is 0 Å². The Morgan fingerprint density at radius 2 is 1.67 bits per heavy atom. The molecule has 2 aliphatic carbocycles. The summed E-state index contributed by atoms with van der Waals surface area (Å²) in [5, 5.41) is 11.0. The zero-order chi connectivity index (χ0) is 12.6. The van der Waals surface area contributed by atoms with Crippen molar-refractivity contribution in [2.24, 2.45) is 11.8 Å². The van der Waals surface area contributed by atoms with Crippen molar-refractivity contribution in [2.75, 3.05) is 6.61 Å². The second-order valence-corrected chi connectivity index (χ2v) is 7.21. The maximum Gasteiger partial charge on any atom is 0.0686 e. The van der Waals surface area contributed by atoms with E-state index in [0.717, 1.165) is 38.2 Å². The summed E-state index contributed by atoms with van der Waals surface area (Å²) in [5.74, 6) is 1.31. The van der Waals surface area contributed by atoms with E-state index in [9.17, 15) is 5.11 Å². The molecular weight excluding hydrogens is 224 g/mol. The Balaban J connectivity index is 1.68. The first kappa shape index (κ1) is 12.9. The van der Waals surface area contributed by atoms with Crippen LogP contribution in [-0.4, -0.2) is 22.9 Å². The van der Waals surface area contributed by atoms with Gasteiger partial charge in [0.1, 0.15) is 0 Å². The smallest absolute Gasteiger partial charge is 0.0686 e. The lowest BCUT2D eigenvalue weighted by molar-refractivity contribution is -0.151. The quantitative estimate of drug-likeness (QED) is 0.771. The van der Waals surface area contributed by atoms with Gasteiger partial charge in [0.25, 0.3) is 0 Å². The molecule has 0 radical (unpaired) electrons. The first-order chi connectivity index (χ1) is 8.62. The zero-order valence-electron chi connectivity index (χ0n) is 11.8. The van der Waals surface area contributed by atoms with Crippen molar-refractivity contribution in [3.63, 3.8) is 0 Å². The molecule has 3 rings (SSSR count).